The van der Waals surface area contributed by atoms with Crippen molar-refractivity contribution in [3.05, 3.63) is 48.5 Å². The lowest BCUT2D eigenvalue weighted by Crippen LogP contribution is -2.26. The first-order chi connectivity index (χ1) is 18.3. The highest BCUT2D eigenvalue weighted by Crippen LogP contribution is 2.39. The number of benzene rings is 1. The molecular formula is C27H25F2N5O4. The zero-order valence-electron chi connectivity index (χ0n) is 20.9. The lowest BCUT2D eigenvalue weighted by Gasteiger charge is -2.17. The number of hydrogen-bond donors (Lipinski definition) is 1. The van der Waals surface area contributed by atoms with Gasteiger partial charge in [0.25, 0.3) is 5.91 Å². The van der Waals surface area contributed by atoms with Crippen LogP contribution in [-0.2, 0) is 7.05 Å². The maximum atomic E-state index is 13.4. The maximum absolute atomic E-state index is 13.4. The van der Waals surface area contributed by atoms with Crippen molar-refractivity contribution in [3.63, 3.8) is 0 Å². The van der Waals surface area contributed by atoms with E-state index in [2.05, 4.69) is 21.3 Å². The van der Waals surface area contributed by atoms with Gasteiger partial charge in [-0.3, -0.25) is 13.9 Å². The number of hydrogen-bond acceptors (Lipinski definition) is 6. The zero-order valence-corrected chi connectivity index (χ0v) is 20.9. The summed E-state index contributed by atoms with van der Waals surface area (Å²) in [6, 6.07) is 4.80. The third-order valence-electron chi connectivity index (χ3n) is 6.10. The Morgan fingerprint density at radius 1 is 1.13 bits per heavy atom. The fourth-order valence-corrected chi connectivity index (χ4v) is 4.12. The van der Waals surface area contributed by atoms with Crippen molar-refractivity contribution < 1.29 is 27.8 Å². The third kappa shape index (κ3) is 4.98. The van der Waals surface area contributed by atoms with Crippen LogP contribution in [0.25, 0.3) is 28.0 Å². The van der Waals surface area contributed by atoms with E-state index in [4.69, 9.17) is 20.6 Å². The number of rotatable bonds is 9. The molecule has 5 rings (SSSR count). The molecule has 3 heterocycles. The Kier molecular flexibility index (Phi) is 6.63. The molecule has 0 aliphatic heterocycles. The average Bonchev–Trinajstić information content (AvgIpc) is 3.43. The average molecular weight is 522 g/mol. The van der Waals surface area contributed by atoms with Gasteiger partial charge in [0.1, 0.15) is 28.5 Å². The molecule has 3 aromatic heterocycles. The van der Waals surface area contributed by atoms with E-state index in [0.717, 1.165) is 24.0 Å². The van der Waals surface area contributed by atoms with Crippen LogP contribution < -0.4 is 19.5 Å². The van der Waals surface area contributed by atoms with Crippen LogP contribution in [0.4, 0.5) is 8.78 Å². The number of carbonyl (C=O) groups excluding carboxylic acids is 1. The number of nitrogens with zero attached hydrogens (tertiary/aromatic N) is 4. The highest BCUT2D eigenvalue weighted by molar-refractivity contribution is 6.01. The molecule has 0 saturated heterocycles. The molecule has 4 aromatic rings. The molecule has 0 spiro atoms. The molecule has 1 atom stereocenters. The first kappa shape index (κ1) is 25.1. The van der Waals surface area contributed by atoms with Crippen molar-refractivity contribution in [3.8, 4) is 52.0 Å². The van der Waals surface area contributed by atoms with Gasteiger partial charge < -0.3 is 19.5 Å². The number of terminal acetylenes is 1. The number of imidazole rings is 1. The molecule has 0 bridgehead atoms. The van der Waals surface area contributed by atoms with Gasteiger partial charge >= 0.3 is 6.61 Å². The monoisotopic (exact) mass is 521 g/mol. The Bertz CT molecular complexity index is 1550. The summed E-state index contributed by atoms with van der Waals surface area (Å²) in [5.74, 6) is 2.29. The molecule has 1 amide bonds. The first-order valence-electron chi connectivity index (χ1n) is 11.9. The van der Waals surface area contributed by atoms with Crippen LogP contribution in [-0.4, -0.2) is 50.9 Å². The van der Waals surface area contributed by atoms with Crippen LogP contribution >= 0.6 is 0 Å². The molecule has 0 radical (unpaired) electrons. The first-order valence-corrected chi connectivity index (χ1v) is 11.9. The van der Waals surface area contributed by atoms with E-state index in [9.17, 15) is 13.6 Å². The number of alkyl halides is 2. The van der Waals surface area contributed by atoms with Crippen LogP contribution in [0, 0.1) is 12.3 Å². The number of nitrogens with one attached hydrogen (secondary N) is 1. The van der Waals surface area contributed by atoms with E-state index in [-0.39, 0.29) is 23.1 Å². The fraction of sp³-hybridized carbons (Fsp3) is 0.296. The van der Waals surface area contributed by atoms with Crippen LogP contribution in [0.15, 0.2) is 43.0 Å². The summed E-state index contributed by atoms with van der Waals surface area (Å²) in [5, 5.41) is 7.03. The molecule has 1 aromatic carbocycles. The molecule has 11 heteroatoms. The summed E-state index contributed by atoms with van der Waals surface area (Å²) in [7, 11) is 3.17. The van der Waals surface area contributed by atoms with Crippen molar-refractivity contribution in [2.75, 3.05) is 7.11 Å². The summed E-state index contributed by atoms with van der Waals surface area (Å²) in [6.07, 6.45) is 13.6. The SMILES string of the molecule is C#CC(C)Oc1cn2c(-c3cc(OC)c(C(=O)NC4CC4)c(OC(F)F)c3)cnc2cc1-c1cnn(C)c1. The summed E-state index contributed by atoms with van der Waals surface area (Å²) < 4.78 is 46.4. The normalized spacial score (nSPS) is 13.8. The van der Waals surface area contributed by atoms with Gasteiger partial charge in [-0.25, -0.2) is 4.98 Å². The quantitative estimate of drug-likeness (QED) is 0.330. The minimum absolute atomic E-state index is 0.0166. The second kappa shape index (κ2) is 10.0. The molecule has 1 aliphatic carbocycles. The number of carbonyl (C=O) groups is 1. The van der Waals surface area contributed by atoms with Gasteiger partial charge in [0.15, 0.2) is 6.10 Å². The number of aromatic nitrogens is 4. The molecule has 9 nitrogen and oxygen atoms in total. The van der Waals surface area contributed by atoms with Crippen LogP contribution in [0.2, 0.25) is 0 Å². The fourth-order valence-electron chi connectivity index (χ4n) is 4.12. The molecule has 1 fully saturated rings. The Morgan fingerprint density at radius 3 is 2.53 bits per heavy atom. The smallest absolute Gasteiger partial charge is 0.387 e. The number of methoxy groups -OCH3 is 1. The molecule has 38 heavy (non-hydrogen) atoms. The molecule has 1 saturated carbocycles. The maximum Gasteiger partial charge on any atom is 0.387 e. The van der Waals surface area contributed by atoms with Crippen LogP contribution in [0.3, 0.4) is 0 Å². The van der Waals surface area contributed by atoms with Crippen molar-refractivity contribution in [1.29, 1.82) is 0 Å². The molecule has 1 aliphatic rings. The van der Waals surface area contributed by atoms with Gasteiger partial charge in [0.2, 0.25) is 0 Å². The zero-order chi connectivity index (χ0) is 27.0. The standard InChI is InChI=1S/C27H25F2N5O4/c1-5-15(2)37-23-14-34-20(12-30-24(34)10-19(23)17-11-31-33(3)13-17)16-8-21(36-4)25(22(9-16)38-27(28)29)26(35)32-18-6-7-18/h1,8-15,18,27H,6-7H2,2-4H3,(H,32,35). The van der Waals surface area contributed by atoms with Gasteiger partial charge in [0, 0.05) is 36.0 Å². The lowest BCUT2D eigenvalue weighted by atomic mass is 10.1. The Labute approximate surface area is 217 Å². The number of halogens is 2. The largest absolute Gasteiger partial charge is 0.496 e. The second-order valence-electron chi connectivity index (χ2n) is 8.93. The van der Waals surface area contributed by atoms with Crippen LogP contribution in [0.5, 0.6) is 17.2 Å². The Balaban J connectivity index is 1.65. The number of ether oxygens (including phenoxy) is 3. The molecule has 1 unspecified atom stereocenters. The van der Waals surface area contributed by atoms with Gasteiger partial charge in [-0.05, 0) is 38.0 Å². The minimum Gasteiger partial charge on any atom is -0.496 e. The van der Waals surface area contributed by atoms with Gasteiger partial charge in [-0.1, -0.05) is 5.92 Å². The summed E-state index contributed by atoms with van der Waals surface area (Å²) in [4.78, 5) is 17.4. The van der Waals surface area contributed by atoms with E-state index >= 15 is 0 Å². The number of amides is 1. The Hall–Kier alpha value is -4.59. The minimum atomic E-state index is -3.14. The Morgan fingerprint density at radius 2 is 1.89 bits per heavy atom. The lowest BCUT2D eigenvalue weighted by molar-refractivity contribution is -0.0502. The van der Waals surface area contributed by atoms with E-state index in [0.29, 0.717) is 22.7 Å². The number of fused-ring (bicyclic) bond motifs is 1. The van der Waals surface area contributed by atoms with Crippen molar-refractivity contribution in [1.82, 2.24) is 24.5 Å². The predicted octanol–water partition coefficient (Wildman–Crippen LogP) is 4.30. The topological polar surface area (TPSA) is 91.9 Å². The molecule has 1 N–H and O–H groups in total. The highest BCUT2D eigenvalue weighted by Gasteiger charge is 2.29. The summed E-state index contributed by atoms with van der Waals surface area (Å²) in [6.45, 7) is -1.40. The highest BCUT2D eigenvalue weighted by atomic mass is 19.3. The van der Waals surface area contributed by atoms with E-state index in [1.165, 1.54) is 13.2 Å². The van der Waals surface area contributed by atoms with E-state index in [1.54, 1.807) is 47.7 Å². The van der Waals surface area contributed by atoms with Crippen molar-refractivity contribution in [2.24, 2.45) is 7.05 Å². The van der Waals surface area contributed by atoms with E-state index < -0.39 is 18.6 Å². The molecular weight excluding hydrogens is 496 g/mol. The number of aryl methyl sites for hydroxylation is 1. The predicted molar refractivity (Wildman–Crippen MR) is 135 cm³/mol. The summed E-state index contributed by atoms with van der Waals surface area (Å²) >= 11 is 0. The third-order valence-corrected chi connectivity index (χ3v) is 6.10. The van der Waals surface area contributed by atoms with Gasteiger partial charge in [-0.2, -0.15) is 13.9 Å². The number of pyridine rings is 1. The summed E-state index contributed by atoms with van der Waals surface area (Å²) in [5.41, 5.74) is 2.98. The van der Waals surface area contributed by atoms with Gasteiger partial charge in [0.05, 0.1) is 31.4 Å². The molecule has 196 valence electrons. The van der Waals surface area contributed by atoms with Crippen molar-refractivity contribution >= 4 is 11.6 Å². The second-order valence-corrected chi connectivity index (χ2v) is 8.93. The van der Waals surface area contributed by atoms with Crippen LogP contribution in [0.1, 0.15) is 30.1 Å². The van der Waals surface area contributed by atoms with Gasteiger partial charge in [-0.15, -0.1) is 6.42 Å². The van der Waals surface area contributed by atoms with E-state index in [1.807, 2.05) is 12.3 Å². The van der Waals surface area contributed by atoms with Crippen molar-refractivity contribution in [2.45, 2.75) is 38.5 Å².